The number of hydrogen-bond donors (Lipinski definition) is 1. The van der Waals surface area contributed by atoms with E-state index in [9.17, 15) is 0 Å². The lowest BCUT2D eigenvalue weighted by atomic mass is 10.2. The lowest BCUT2D eigenvalue weighted by molar-refractivity contribution is 0.282. The molecule has 0 saturated heterocycles. The Morgan fingerprint density at radius 3 is 2.90 bits per heavy atom. The Hall–Kier alpha value is -1.59. The minimum atomic E-state index is 0.282. The standard InChI is InChI=1S/C14H18ClN3O2/c1-3-14-17-13(18-20-14)9-19-12-6-5-11(15)7-10(12)8-16-4-2/h5-7,16H,3-4,8-9H2,1-2H3. The number of nitrogens with zero attached hydrogens (tertiary/aromatic N) is 2. The maximum absolute atomic E-state index is 6.01. The van der Waals surface area contributed by atoms with Crippen LogP contribution >= 0.6 is 11.6 Å². The van der Waals surface area contributed by atoms with Crippen molar-refractivity contribution in [2.75, 3.05) is 6.54 Å². The van der Waals surface area contributed by atoms with E-state index in [0.29, 0.717) is 23.3 Å². The minimum Gasteiger partial charge on any atom is -0.485 e. The van der Waals surface area contributed by atoms with Crippen molar-refractivity contribution in [1.82, 2.24) is 15.5 Å². The number of rotatable bonds is 7. The summed E-state index contributed by atoms with van der Waals surface area (Å²) in [6, 6.07) is 5.56. The van der Waals surface area contributed by atoms with Gasteiger partial charge >= 0.3 is 0 Å². The summed E-state index contributed by atoms with van der Waals surface area (Å²) < 4.78 is 10.8. The molecule has 0 radical (unpaired) electrons. The van der Waals surface area contributed by atoms with Crippen LogP contribution in [0.3, 0.4) is 0 Å². The highest BCUT2D eigenvalue weighted by atomic mass is 35.5. The molecule has 0 amide bonds. The molecule has 0 atom stereocenters. The second-order valence-electron chi connectivity index (χ2n) is 4.28. The molecule has 108 valence electrons. The van der Waals surface area contributed by atoms with Gasteiger partial charge in [0, 0.05) is 23.6 Å². The molecule has 1 heterocycles. The molecule has 0 aliphatic heterocycles. The van der Waals surface area contributed by atoms with Gasteiger partial charge < -0.3 is 14.6 Å². The summed E-state index contributed by atoms with van der Waals surface area (Å²) >= 11 is 6.01. The number of benzene rings is 1. The van der Waals surface area contributed by atoms with Gasteiger partial charge in [-0.15, -0.1) is 0 Å². The van der Waals surface area contributed by atoms with Crippen molar-refractivity contribution in [3.8, 4) is 5.75 Å². The summed E-state index contributed by atoms with van der Waals surface area (Å²) in [6.45, 7) is 5.89. The van der Waals surface area contributed by atoms with Crippen LogP contribution in [0.5, 0.6) is 5.75 Å². The van der Waals surface area contributed by atoms with Crippen molar-refractivity contribution in [2.24, 2.45) is 0 Å². The van der Waals surface area contributed by atoms with Crippen LogP contribution in [0.4, 0.5) is 0 Å². The van der Waals surface area contributed by atoms with E-state index in [1.54, 1.807) is 6.07 Å². The molecule has 6 heteroatoms. The molecule has 0 saturated carbocycles. The minimum absolute atomic E-state index is 0.282. The fraction of sp³-hybridized carbons (Fsp3) is 0.429. The lowest BCUT2D eigenvalue weighted by Gasteiger charge is -2.11. The number of ether oxygens (including phenoxy) is 1. The first-order valence-electron chi connectivity index (χ1n) is 6.66. The first kappa shape index (κ1) is 14.8. The predicted molar refractivity (Wildman–Crippen MR) is 76.8 cm³/mol. The van der Waals surface area contributed by atoms with Crippen molar-refractivity contribution < 1.29 is 9.26 Å². The molecular weight excluding hydrogens is 278 g/mol. The summed E-state index contributed by atoms with van der Waals surface area (Å²) in [6.07, 6.45) is 0.722. The Labute approximate surface area is 123 Å². The van der Waals surface area contributed by atoms with Gasteiger partial charge in [0.05, 0.1) is 0 Å². The number of nitrogens with one attached hydrogen (secondary N) is 1. The maximum Gasteiger partial charge on any atom is 0.226 e. The molecule has 0 aliphatic rings. The van der Waals surface area contributed by atoms with Gasteiger partial charge in [-0.25, -0.2) is 0 Å². The summed E-state index contributed by atoms with van der Waals surface area (Å²) in [5.74, 6) is 1.94. The fourth-order valence-corrected chi connectivity index (χ4v) is 1.92. The normalized spacial score (nSPS) is 10.8. The van der Waals surface area contributed by atoms with Gasteiger partial charge in [-0.2, -0.15) is 4.98 Å². The number of hydrogen-bond acceptors (Lipinski definition) is 5. The summed E-state index contributed by atoms with van der Waals surface area (Å²) in [4.78, 5) is 4.21. The van der Waals surface area contributed by atoms with Crippen LogP contribution in [-0.2, 0) is 19.6 Å². The summed E-state index contributed by atoms with van der Waals surface area (Å²) in [7, 11) is 0. The highest BCUT2D eigenvalue weighted by Crippen LogP contribution is 2.23. The predicted octanol–water partition coefficient (Wildman–Crippen LogP) is 2.97. The van der Waals surface area contributed by atoms with E-state index >= 15 is 0 Å². The average Bonchev–Trinajstić information content (AvgIpc) is 2.92. The van der Waals surface area contributed by atoms with E-state index in [4.69, 9.17) is 20.9 Å². The van der Waals surface area contributed by atoms with Gasteiger partial charge in [0.25, 0.3) is 0 Å². The smallest absolute Gasteiger partial charge is 0.226 e. The molecule has 1 N–H and O–H groups in total. The maximum atomic E-state index is 6.01. The highest BCUT2D eigenvalue weighted by Gasteiger charge is 2.08. The molecule has 5 nitrogen and oxygen atoms in total. The van der Waals surface area contributed by atoms with Crippen molar-refractivity contribution in [2.45, 2.75) is 33.4 Å². The van der Waals surface area contributed by atoms with Crippen molar-refractivity contribution in [3.63, 3.8) is 0 Å². The van der Waals surface area contributed by atoms with E-state index in [2.05, 4.69) is 22.4 Å². The molecule has 1 aromatic carbocycles. The second-order valence-corrected chi connectivity index (χ2v) is 4.72. The molecular formula is C14H18ClN3O2. The molecule has 0 unspecified atom stereocenters. The molecule has 0 fully saturated rings. The molecule has 2 aromatic rings. The first-order valence-corrected chi connectivity index (χ1v) is 7.04. The SMILES string of the molecule is CCNCc1cc(Cl)ccc1OCc1noc(CC)n1. The van der Waals surface area contributed by atoms with Crippen LogP contribution in [0, 0.1) is 0 Å². The van der Waals surface area contributed by atoms with E-state index in [1.807, 2.05) is 19.1 Å². The zero-order chi connectivity index (χ0) is 14.4. The van der Waals surface area contributed by atoms with Gasteiger partial charge in [0.1, 0.15) is 5.75 Å². The highest BCUT2D eigenvalue weighted by molar-refractivity contribution is 6.30. The molecule has 20 heavy (non-hydrogen) atoms. The molecule has 0 aliphatic carbocycles. The Morgan fingerprint density at radius 2 is 2.20 bits per heavy atom. The largest absolute Gasteiger partial charge is 0.485 e. The topological polar surface area (TPSA) is 60.2 Å². The van der Waals surface area contributed by atoms with Gasteiger partial charge in [-0.05, 0) is 24.7 Å². The van der Waals surface area contributed by atoms with Crippen molar-refractivity contribution in [1.29, 1.82) is 0 Å². The van der Waals surface area contributed by atoms with E-state index < -0.39 is 0 Å². The molecule has 0 spiro atoms. The second kappa shape index (κ2) is 7.26. The zero-order valence-corrected chi connectivity index (χ0v) is 12.4. The monoisotopic (exact) mass is 295 g/mol. The van der Waals surface area contributed by atoms with Crippen LogP contribution in [0.1, 0.15) is 31.1 Å². The number of aryl methyl sites for hydroxylation is 1. The molecule has 2 rings (SSSR count). The van der Waals surface area contributed by atoms with Gasteiger partial charge in [0.15, 0.2) is 6.61 Å². The Bertz CT molecular complexity index is 557. The average molecular weight is 296 g/mol. The Morgan fingerprint density at radius 1 is 1.35 bits per heavy atom. The summed E-state index contributed by atoms with van der Waals surface area (Å²) in [5, 5.41) is 7.81. The third-order valence-corrected chi connectivity index (χ3v) is 2.99. The Balaban J connectivity index is 2.04. The van der Waals surface area contributed by atoms with Gasteiger partial charge in [0.2, 0.25) is 11.7 Å². The number of aromatic nitrogens is 2. The molecule has 1 aromatic heterocycles. The van der Waals surface area contributed by atoms with E-state index in [-0.39, 0.29) is 6.61 Å². The fourth-order valence-electron chi connectivity index (χ4n) is 1.72. The van der Waals surface area contributed by atoms with Gasteiger partial charge in [-0.3, -0.25) is 0 Å². The van der Waals surface area contributed by atoms with Crippen LogP contribution < -0.4 is 10.1 Å². The zero-order valence-electron chi connectivity index (χ0n) is 11.6. The van der Waals surface area contributed by atoms with E-state index in [1.165, 1.54) is 0 Å². The number of halogens is 1. The third kappa shape index (κ3) is 3.95. The third-order valence-electron chi connectivity index (χ3n) is 2.76. The first-order chi connectivity index (χ1) is 9.72. The summed E-state index contributed by atoms with van der Waals surface area (Å²) in [5.41, 5.74) is 1.01. The van der Waals surface area contributed by atoms with Crippen LogP contribution in [0.15, 0.2) is 22.7 Å². The lowest BCUT2D eigenvalue weighted by Crippen LogP contribution is -2.13. The quantitative estimate of drug-likeness (QED) is 0.851. The van der Waals surface area contributed by atoms with Crippen molar-refractivity contribution >= 4 is 11.6 Å². The van der Waals surface area contributed by atoms with Crippen LogP contribution in [0.2, 0.25) is 5.02 Å². The van der Waals surface area contributed by atoms with Crippen LogP contribution in [0.25, 0.3) is 0 Å². The van der Waals surface area contributed by atoms with Crippen LogP contribution in [-0.4, -0.2) is 16.7 Å². The van der Waals surface area contributed by atoms with Crippen molar-refractivity contribution in [3.05, 3.63) is 40.5 Å². The van der Waals surface area contributed by atoms with Gasteiger partial charge in [-0.1, -0.05) is 30.6 Å². The van der Waals surface area contributed by atoms with E-state index in [0.717, 1.165) is 24.3 Å². The Kier molecular flexibility index (Phi) is 5.38. The molecule has 0 bridgehead atoms.